The van der Waals surface area contributed by atoms with Crippen molar-refractivity contribution in [3.63, 3.8) is 0 Å². The Labute approximate surface area is 74.6 Å². The fraction of sp³-hybridized carbons (Fsp3) is 0.286. The lowest BCUT2D eigenvalue weighted by atomic mass is 10.3. The maximum absolute atomic E-state index is 9.02. The first-order chi connectivity index (χ1) is 5.22. The van der Waals surface area contributed by atoms with Gasteiger partial charge in [0.15, 0.2) is 0 Å². The molecule has 1 rings (SSSR count). The van der Waals surface area contributed by atoms with E-state index < -0.39 is 0 Å². The molecule has 1 heterocycles. The summed E-state index contributed by atoms with van der Waals surface area (Å²) in [5, 5.41) is 9.36. The minimum absolute atomic E-state index is 0.0125. The Hall–Kier alpha value is -0.410. The maximum atomic E-state index is 9.02. The lowest BCUT2D eigenvalue weighted by Gasteiger charge is -1.98. The molecule has 11 heavy (non-hydrogen) atoms. The molecular weight excluding hydrogens is 182 g/mol. The summed E-state index contributed by atoms with van der Waals surface area (Å²) in [6.45, 7) is 0. The zero-order valence-corrected chi connectivity index (χ0v) is 7.61. The minimum atomic E-state index is -0.0125. The quantitative estimate of drug-likeness (QED) is 0.725. The maximum Gasteiger partial charge on any atom is 0.212 e. The third-order valence-corrected chi connectivity index (χ3v) is 1.97. The fourth-order valence-corrected chi connectivity index (χ4v) is 1.51. The van der Waals surface area contributed by atoms with Crippen LogP contribution in [0.25, 0.3) is 0 Å². The van der Waals surface area contributed by atoms with Crippen molar-refractivity contribution in [2.24, 2.45) is 0 Å². The van der Waals surface area contributed by atoms with Crippen molar-refractivity contribution < 1.29 is 5.11 Å². The summed E-state index contributed by atoms with van der Waals surface area (Å²) in [7, 11) is 0. The van der Waals surface area contributed by atoms with E-state index in [1.54, 1.807) is 23.9 Å². The van der Waals surface area contributed by atoms with Gasteiger partial charge in [-0.2, -0.15) is 11.8 Å². The second-order valence-corrected chi connectivity index (χ2v) is 3.34. The van der Waals surface area contributed by atoms with Gasteiger partial charge in [0.2, 0.25) is 5.88 Å². The van der Waals surface area contributed by atoms with Gasteiger partial charge in [0, 0.05) is 11.8 Å². The Morgan fingerprint density at radius 1 is 1.64 bits per heavy atom. The van der Waals surface area contributed by atoms with Gasteiger partial charge < -0.3 is 5.11 Å². The van der Waals surface area contributed by atoms with Crippen LogP contribution in [0.2, 0.25) is 5.15 Å². The molecule has 0 aliphatic heterocycles. The summed E-state index contributed by atoms with van der Waals surface area (Å²) in [6.07, 6.45) is 1.99. The molecule has 0 spiro atoms. The van der Waals surface area contributed by atoms with E-state index >= 15 is 0 Å². The van der Waals surface area contributed by atoms with Crippen LogP contribution in [0.3, 0.4) is 0 Å². The van der Waals surface area contributed by atoms with Crippen LogP contribution in [0.1, 0.15) is 5.56 Å². The van der Waals surface area contributed by atoms with E-state index in [4.69, 9.17) is 16.7 Å². The van der Waals surface area contributed by atoms with Crippen LogP contribution in [0.4, 0.5) is 0 Å². The van der Waals surface area contributed by atoms with Crippen molar-refractivity contribution in [1.82, 2.24) is 4.98 Å². The SMILES string of the molecule is CSCc1cc(O)nc(Cl)c1. The first-order valence-corrected chi connectivity index (χ1v) is 4.84. The van der Waals surface area contributed by atoms with E-state index in [1.807, 2.05) is 6.26 Å². The molecule has 0 fully saturated rings. The third-order valence-electron chi connectivity index (χ3n) is 1.15. The number of halogens is 1. The first-order valence-electron chi connectivity index (χ1n) is 3.06. The summed E-state index contributed by atoms with van der Waals surface area (Å²) in [4.78, 5) is 3.63. The Morgan fingerprint density at radius 2 is 2.36 bits per heavy atom. The van der Waals surface area contributed by atoms with Crippen molar-refractivity contribution >= 4 is 23.4 Å². The molecule has 0 amide bonds. The molecule has 0 radical (unpaired) electrons. The van der Waals surface area contributed by atoms with Crippen molar-refractivity contribution in [3.8, 4) is 5.88 Å². The smallest absolute Gasteiger partial charge is 0.212 e. The van der Waals surface area contributed by atoms with E-state index in [9.17, 15) is 0 Å². The second-order valence-electron chi connectivity index (χ2n) is 2.09. The van der Waals surface area contributed by atoms with E-state index in [-0.39, 0.29) is 5.88 Å². The Bertz CT molecular complexity index is 234. The summed E-state index contributed by atoms with van der Waals surface area (Å²) < 4.78 is 0. The number of rotatable bonds is 2. The van der Waals surface area contributed by atoms with Gasteiger partial charge in [-0.15, -0.1) is 0 Å². The van der Waals surface area contributed by atoms with Gasteiger partial charge in [-0.25, -0.2) is 4.98 Å². The van der Waals surface area contributed by atoms with Crippen LogP contribution in [-0.2, 0) is 5.75 Å². The van der Waals surface area contributed by atoms with Crippen LogP contribution < -0.4 is 0 Å². The molecular formula is C7H8ClNOS. The Morgan fingerprint density at radius 3 is 2.91 bits per heavy atom. The molecule has 0 atom stereocenters. The summed E-state index contributed by atoms with van der Waals surface area (Å²) in [5.41, 5.74) is 0.995. The normalized spacial score (nSPS) is 10.0. The average molecular weight is 190 g/mol. The molecule has 0 unspecified atom stereocenters. The van der Waals surface area contributed by atoms with E-state index in [1.165, 1.54) is 0 Å². The molecule has 0 aliphatic rings. The molecule has 0 aromatic carbocycles. The van der Waals surface area contributed by atoms with Gasteiger partial charge >= 0.3 is 0 Å². The van der Waals surface area contributed by atoms with Crippen molar-refractivity contribution in [2.45, 2.75) is 5.75 Å². The van der Waals surface area contributed by atoms with E-state index in [0.717, 1.165) is 11.3 Å². The lowest BCUT2D eigenvalue weighted by Crippen LogP contribution is -1.82. The summed E-state index contributed by atoms with van der Waals surface area (Å²) >= 11 is 7.28. The topological polar surface area (TPSA) is 33.1 Å². The predicted molar refractivity (Wildman–Crippen MR) is 48.1 cm³/mol. The van der Waals surface area contributed by atoms with Gasteiger partial charge in [-0.1, -0.05) is 11.6 Å². The average Bonchev–Trinajstić information content (AvgIpc) is 1.85. The molecule has 1 aromatic heterocycles. The van der Waals surface area contributed by atoms with Crippen LogP contribution in [0, 0.1) is 0 Å². The third kappa shape index (κ3) is 2.60. The van der Waals surface area contributed by atoms with Crippen molar-refractivity contribution in [2.75, 3.05) is 6.26 Å². The summed E-state index contributed by atoms with van der Waals surface area (Å²) in [5.74, 6) is 0.831. The number of hydrogen-bond acceptors (Lipinski definition) is 3. The van der Waals surface area contributed by atoms with Crippen molar-refractivity contribution in [1.29, 1.82) is 0 Å². The summed E-state index contributed by atoms with van der Waals surface area (Å²) in [6, 6.07) is 3.36. The fourth-order valence-electron chi connectivity index (χ4n) is 0.784. The van der Waals surface area contributed by atoms with E-state index in [2.05, 4.69) is 4.98 Å². The number of pyridine rings is 1. The first kappa shape index (κ1) is 8.68. The van der Waals surface area contributed by atoms with Gasteiger partial charge in [0.25, 0.3) is 0 Å². The van der Waals surface area contributed by atoms with Crippen LogP contribution in [0.15, 0.2) is 12.1 Å². The number of nitrogens with zero attached hydrogens (tertiary/aromatic N) is 1. The van der Waals surface area contributed by atoms with Crippen molar-refractivity contribution in [3.05, 3.63) is 22.8 Å². The van der Waals surface area contributed by atoms with Gasteiger partial charge in [0.05, 0.1) is 0 Å². The Kier molecular flexibility index (Phi) is 3.02. The molecule has 1 aromatic rings. The highest BCUT2D eigenvalue weighted by Gasteiger charge is 1.98. The second kappa shape index (κ2) is 3.83. The molecule has 0 saturated heterocycles. The van der Waals surface area contributed by atoms with E-state index in [0.29, 0.717) is 5.15 Å². The predicted octanol–water partition coefficient (Wildman–Crippen LogP) is 2.30. The number of thioether (sulfide) groups is 1. The van der Waals surface area contributed by atoms with Gasteiger partial charge in [-0.05, 0) is 17.9 Å². The molecule has 0 saturated carbocycles. The van der Waals surface area contributed by atoms with Crippen LogP contribution in [0.5, 0.6) is 5.88 Å². The zero-order valence-electron chi connectivity index (χ0n) is 6.04. The standard InChI is InChI=1S/C7H8ClNOS/c1-11-4-5-2-6(8)9-7(10)3-5/h2-3H,4H2,1H3,(H,9,10). The number of aromatic nitrogens is 1. The molecule has 2 nitrogen and oxygen atoms in total. The van der Waals surface area contributed by atoms with Gasteiger partial charge in [-0.3, -0.25) is 0 Å². The lowest BCUT2D eigenvalue weighted by molar-refractivity contribution is 0.453. The number of aromatic hydroxyl groups is 1. The van der Waals surface area contributed by atoms with Crippen LogP contribution >= 0.6 is 23.4 Å². The Balaban J connectivity index is 2.89. The molecule has 0 aliphatic carbocycles. The monoisotopic (exact) mass is 189 g/mol. The molecule has 4 heteroatoms. The number of hydrogen-bond donors (Lipinski definition) is 1. The highest BCUT2D eigenvalue weighted by Crippen LogP contribution is 2.17. The minimum Gasteiger partial charge on any atom is -0.493 e. The highest BCUT2D eigenvalue weighted by atomic mass is 35.5. The molecule has 0 bridgehead atoms. The van der Waals surface area contributed by atoms with Crippen LogP contribution in [-0.4, -0.2) is 16.3 Å². The highest BCUT2D eigenvalue weighted by molar-refractivity contribution is 7.97. The zero-order chi connectivity index (χ0) is 8.27. The van der Waals surface area contributed by atoms with Gasteiger partial charge in [0.1, 0.15) is 5.15 Å². The molecule has 60 valence electrons. The largest absolute Gasteiger partial charge is 0.493 e. The molecule has 1 N–H and O–H groups in total.